The fraction of sp³-hybridized carbons (Fsp3) is 0.257. The molecule has 2 heteroatoms. The summed E-state index contributed by atoms with van der Waals surface area (Å²) in [5.41, 5.74) is 16.0. The minimum Gasteiger partial charge on any atom is -0.317 e. The van der Waals surface area contributed by atoms with Crippen molar-refractivity contribution in [2.75, 3.05) is 9.80 Å². The zero-order valence-electron chi connectivity index (χ0n) is 23.1. The van der Waals surface area contributed by atoms with Crippen LogP contribution in [0.25, 0.3) is 22.5 Å². The standard InChI is InChI=1S/C33H30N2.C2H6/c1-20-16-26-25-18-21(2)22(3)19-27(25)31-29(23-12-8-6-9-13-23)34(24-14-10-7-11-15-24)32-33(4,5)28(17-20)30(26)35(31)32;1-2/h6-19,32H,1-5H3;1-2H3. The maximum absolute atomic E-state index is 2.66. The van der Waals surface area contributed by atoms with Gasteiger partial charge in [0.05, 0.1) is 17.1 Å². The summed E-state index contributed by atoms with van der Waals surface area (Å²) in [6.45, 7) is 15.6. The van der Waals surface area contributed by atoms with Crippen molar-refractivity contribution >= 4 is 22.8 Å². The van der Waals surface area contributed by atoms with Gasteiger partial charge in [-0.25, -0.2) is 0 Å². The van der Waals surface area contributed by atoms with Crippen LogP contribution < -0.4 is 9.80 Å². The summed E-state index contributed by atoms with van der Waals surface area (Å²) in [7, 11) is 0. The van der Waals surface area contributed by atoms with E-state index in [1.807, 2.05) is 13.8 Å². The predicted octanol–water partition coefficient (Wildman–Crippen LogP) is 9.09. The van der Waals surface area contributed by atoms with Crippen LogP contribution in [0.15, 0.2) is 84.9 Å². The Bertz CT molecular complexity index is 1540. The van der Waals surface area contributed by atoms with Crippen molar-refractivity contribution in [1.82, 2.24) is 0 Å². The Kier molecular flexibility index (Phi) is 5.35. The smallest absolute Gasteiger partial charge is 0.120 e. The number of hydrogen-bond donors (Lipinski definition) is 0. The Labute approximate surface area is 221 Å². The fourth-order valence-corrected chi connectivity index (χ4v) is 6.56. The quantitative estimate of drug-likeness (QED) is 0.280. The van der Waals surface area contributed by atoms with Crippen molar-refractivity contribution < 1.29 is 0 Å². The first-order chi connectivity index (χ1) is 17.9. The fourth-order valence-electron chi connectivity index (χ4n) is 6.56. The average Bonchev–Trinajstić information content (AvgIpc) is 3.38. The first kappa shape index (κ1) is 23.6. The lowest BCUT2D eigenvalue weighted by molar-refractivity contribution is 0.450. The molecule has 7 rings (SSSR count). The van der Waals surface area contributed by atoms with Gasteiger partial charge in [0.1, 0.15) is 6.17 Å². The molecule has 37 heavy (non-hydrogen) atoms. The largest absolute Gasteiger partial charge is 0.317 e. The number of anilines is 2. The Balaban J connectivity index is 0.00000123. The summed E-state index contributed by atoms with van der Waals surface area (Å²) in [5, 5.41) is 0. The van der Waals surface area contributed by atoms with Crippen LogP contribution in [0.3, 0.4) is 0 Å². The van der Waals surface area contributed by atoms with E-state index in [0.29, 0.717) is 0 Å². The van der Waals surface area contributed by atoms with E-state index in [1.165, 1.54) is 67.3 Å². The lowest BCUT2D eigenvalue weighted by atomic mass is 9.80. The summed E-state index contributed by atoms with van der Waals surface area (Å²) >= 11 is 0. The van der Waals surface area contributed by atoms with E-state index in [4.69, 9.17) is 0 Å². The normalized spacial score (nSPS) is 17.9. The van der Waals surface area contributed by atoms with Crippen molar-refractivity contribution in [2.24, 2.45) is 0 Å². The van der Waals surface area contributed by atoms with Gasteiger partial charge >= 0.3 is 0 Å². The van der Waals surface area contributed by atoms with Crippen LogP contribution in [0.4, 0.5) is 11.4 Å². The highest BCUT2D eigenvalue weighted by atomic mass is 15.5. The molecule has 186 valence electrons. The summed E-state index contributed by atoms with van der Waals surface area (Å²) in [5.74, 6) is 0. The van der Waals surface area contributed by atoms with E-state index < -0.39 is 0 Å². The molecule has 0 saturated heterocycles. The zero-order valence-corrected chi connectivity index (χ0v) is 23.1. The van der Waals surface area contributed by atoms with Gasteiger partial charge in [-0.3, -0.25) is 0 Å². The average molecular weight is 485 g/mol. The van der Waals surface area contributed by atoms with Crippen LogP contribution in [0.1, 0.15) is 61.1 Å². The third-order valence-corrected chi connectivity index (χ3v) is 8.29. The number of rotatable bonds is 2. The molecule has 0 spiro atoms. The Morgan fingerprint density at radius 2 is 1.22 bits per heavy atom. The van der Waals surface area contributed by atoms with Gasteiger partial charge in [-0.1, -0.05) is 93.9 Å². The lowest BCUT2D eigenvalue weighted by Crippen LogP contribution is -2.48. The first-order valence-corrected chi connectivity index (χ1v) is 13.6. The molecule has 0 fully saturated rings. The molecule has 0 saturated carbocycles. The monoisotopic (exact) mass is 484 g/mol. The highest BCUT2D eigenvalue weighted by molar-refractivity contribution is 6.15. The highest BCUT2D eigenvalue weighted by Gasteiger charge is 2.57. The van der Waals surface area contributed by atoms with Crippen molar-refractivity contribution in [2.45, 2.75) is 60.0 Å². The molecular weight excluding hydrogens is 448 g/mol. The molecular formula is C35H36N2. The molecule has 0 bridgehead atoms. The Morgan fingerprint density at radius 1 is 0.622 bits per heavy atom. The summed E-state index contributed by atoms with van der Waals surface area (Å²) in [6.07, 6.45) is 0.167. The second-order valence-electron chi connectivity index (χ2n) is 10.9. The molecule has 0 aromatic heterocycles. The van der Waals surface area contributed by atoms with Crippen LogP contribution >= 0.6 is 0 Å². The van der Waals surface area contributed by atoms with Gasteiger partial charge in [0, 0.05) is 27.8 Å². The van der Waals surface area contributed by atoms with E-state index in [-0.39, 0.29) is 11.6 Å². The maximum Gasteiger partial charge on any atom is 0.120 e. The second-order valence-corrected chi connectivity index (χ2v) is 10.9. The molecule has 2 nitrogen and oxygen atoms in total. The van der Waals surface area contributed by atoms with E-state index in [2.05, 4.69) is 129 Å². The summed E-state index contributed by atoms with van der Waals surface area (Å²) < 4.78 is 0. The number of aryl methyl sites for hydroxylation is 3. The lowest BCUT2D eigenvalue weighted by Gasteiger charge is -2.38. The number of fused-ring (bicyclic) bond motifs is 3. The maximum atomic E-state index is 2.66. The van der Waals surface area contributed by atoms with Crippen LogP contribution in [0.5, 0.6) is 0 Å². The molecule has 1 unspecified atom stereocenters. The number of hydrogen-bond acceptors (Lipinski definition) is 2. The molecule has 0 radical (unpaired) electrons. The van der Waals surface area contributed by atoms with E-state index in [1.54, 1.807) is 0 Å². The van der Waals surface area contributed by atoms with Gasteiger partial charge in [-0.2, -0.15) is 0 Å². The minimum atomic E-state index is -0.0696. The molecule has 0 amide bonds. The van der Waals surface area contributed by atoms with Crippen molar-refractivity contribution in [3.05, 3.63) is 118 Å². The van der Waals surface area contributed by atoms with Crippen LogP contribution in [0.2, 0.25) is 0 Å². The molecule has 0 aliphatic carbocycles. The molecule has 3 aliphatic heterocycles. The molecule has 3 heterocycles. The van der Waals surface area contributed by atoms with Gasteiger partial charge in [-0.05, 0) is 67.3 Å². The van der Waals surface area contributed by atoms with E-state index in [0.717, 1.165) is 0 Å². The molecule has 4 aromatic rings. The van der Waals surface area contributed by atoms with Gasteiger partial charge in [0.2, 0.25) is 0 Å². The van der Waals surface area contributed by atoms with E-state index in [9.17, 15) is 0 Å². The van der Waals surface area contributed by atoms with Gasteiger partial charge in [-0.15, -0.1) is 0 Å². The molecule has 0 N–H and O–H groups in total. The summed E-state index contributed by atoms with van der Waals surface area (Å²) in [6, 6.07) is 31.6. The Hall–Kier alpha value is -3.78. The number of nitrogens with zero attached hydrogens (tertiary/aromatic N) is 2. The van der Waals surface area contributed by atoms with Crippen molar-refractivity contribution in [3.63, 3.8) is 0 Å². The first-order valence-electron chi connectivity index (χ1n) is 13.6. The van der Waals surface area contributed by atoms with Crippen LogP contribution in [-0.2, 0) is 5.41 Å². The third-order valence-electron chi connectivity index (χ3n) is 8.29. The van der Waals surface area contributed by atoms with E-state index >= 15 is 0 Å². The zero-order chi connectivity index (χ0) is 26.1. The second kappa shape index (κ2) is 8.38. The third kappa shape index (κ3) is 3.18. The SMILES string of the molecule is CC.Cc1cc2c3c(c1)C(C)(C)C1N(c4ccccc4)C(c4ccccc4)=C(c4cc(C)c(C)cc4-2)N31. The topological polar surface area (TPSA) is 6.48 Å². The van der Waals surface area contributed by atoms with Crippen molar-refractivity contribution in [3.8, 4) is 11.1 Å². The van der Waals surface area contributed by atoms with Crippen molar-refractivity contribution in [1.29, 1.82) is 0 Å². The minimum absolute atomic E-state index is 0.0696. The molecule has 3 aliphatic rings. The molecule has 4 aromatic carbocycles. The Morgan fingerprint density at radius 3 is 1.86 bits per heavy atom. The predicted molar refractivity (Wildman–Crippen MR) is 159 cm³/mol. The van der Waals surface area contributed by atoms with Gasteiger partial charge in [0.25, 0.3) is 0 Å². The van der Waals surface area contributed by atoms with Gasteiger partial charge < -0.3 is 9.80 Å². The van der Waals surface area contributed by atoms with Crippen LogP contribution in [-0.4, -0.2) is 6.17 Å². The molecule has 1 atom stereocenters. The van der Waals surface area contributed by atoms with Gasteiger partial charge in [0.15, 0.2) is 0 Å². The number of para-hydroxylation sites is 1. The highest BCUT2D eigenvalue weighted by Crippen LogP contribution is 2.63. The van der Waals surface area contributed by atoms with Crippen LogP contribution in [0, 0.1) is 20.8 Å². The summed E-state index contributed by atoms with van der Waals surface area (Å²) in [4.78, 5) is 5.27. The number of benzene rings is 4.